The van der Waals surface area contributed by atoms with Gasteiger partial charge in [0, 0.05) is 10.6 Å². The van der Waals surface area contributed by atoms with Crippen LogP contribution >= 0.6 is 34.8 Å². The highest BCUT2D eigenvalue weighted by atomic mass is 35.5. The summed E-state index contributed by atoms with van der Waals surface area (Å²) in [5, 5.41) is 10.5. The zero-order valence-electron chi connectivity index (χ0n) is 11.1. The number of carbonyl (C=O) groups is 1. The molecular formula is C16H11Cl3O2. The average molecular weight is 342 g/mol. The molecule has 0 amide bonds. The van der Waals surface area contributed by atoms with Crippen LogP contribution in [0.1, 0.15) is 28.4 Å². The SMILES string of the molecule is C[C@]1(c2ccc(Cl)cc2)Cc2cc(O)c(Cl)c(Cl)c2C1=O. The fourth-order valence-electron chi connectivity index (χ4n) is 2.84. The first-order valence-electron chi connectivity index (χ1n) is 6.35. The second kappa shape index (κ2) is 4.91. The van der Waals surface area contributed by atoms with E-state index in [4.69, 9.17) is 34.8 Å². The van der Waals surface area contributed by atoms with Crippen LogP contribution in [-0.4, -0.2) is 10.9 Å². The maximum Gasteiger partial charge on any atom is 0.175 e. The molecule has 0 fully saturated rings. The summed E-state index contributed by atoms with van der Waals surface area (Å²) in [6, 6.07) is 8.69. The molecule has 0 bridgehead atoms. The molecule has 2 nitrogen and oxygen atoms in total. The second-order valence-electron chi connectivity index (χ2n) is 5.40. The lowest BCUT2D eigenvalue weighted by Crippen LogP contribution is -2.29. The van der Waals surface area contributed by atoms with Gasteiger partial charge in [0.05, 0.1) is 10.4 Å². The lowest BCUT2D eigenvalue weighted by atomic mass is 9.79. The molecule has 5 heteroatoms. The molecule has 0 spiro atoms. The van der Waals surface area contributed by atoms with Crippen LogP contribution in [0.4, 0.5) is 0 Å². The molecule has 108 valence electrons. The Morgan fingerprint density at radius 3 is 2.33 bits per heavy atom. The van der Waals surface area contributed by atoms with Gasteiger partial charge in [0.15, 0.2) is 5.78 Å². The molecule has 1 N–H and O–H groups in total. The summed E-state index contributed by atoms with van der Waals surface area (Å²) < 4.78 is 0. The van der Waals surface area contributed by atoms with Gasteiger partial charge < -0.3 is 5.11 Å². The zero-order valence-corrected chi connectivity index (χ0v) is 13.4. The predicted octanol–water partition coefficient (Wildman–Crippen LogP) is 5.05. The van der Waals surface area contributed by atoms with Crippen molar-refractivity contribution >= 4 is 40.6 Å². The van der Waals surface area contributed by atoms with E-state index >= 15 is 0 Å². The van der Waals surface area contributed by atoms with Crippen LogP contribution in [0.5, 0.6) is 5.75 Å². The van der Waals surface area contributed by atoms with E-state index in [1.54, 1.807) is 12.1 Å². The summed E-state index contributed by atoms with van der Waals surface area (Å²) in [6.45, 7) is 1.86. The number of phenols is 1. The fourth-order valence-corrected chi connectivity index (χ4v) is 3.42. The van der Waals surface area contributed by atoms with E-state index in [1.165, 1.54) is 6.07 Å². The smallest absolute Gasteiger partial charge is 0.175 e. The molecule has 2 aromatic rings. The van der Waals surface area contributed by atoms with Gasteiger partial charge in [-0.25, -0.2) is 0 Å². The summed E-state index contributed by atoms with van der Waals surface area (Å²) in [5.74, 6) is -0.194. The molecule has 1 aliphatic rings. The predicted molar refractivity (Wildman–Crippen MR) is 85.0 cm³/mol. The van der Waals surface area contributed by atoms with Crippen molar-refractivity contribution < 1.29 is 9.90 Å². The highest BCUT2D eigenvalue weighted by molar-refractivity contribution is 6.45. The number of Topliss-reactive ketones (excluding diaryl/α,β-unsaturated/α-hetero) is 1. The minimum absolute atomic E-state index is 0.0177. The Kier molecular flexibility index (Phi) is 3.44. The Balaban J connectivity index is 2.16. The van der Waals surface area contributed by atoms with Crippen molar-refractivity contribution in [2.75, 3.05) is 0 Å². The van der Waals surface area contributed by atoms with Crippen molar-refractivity contribution in [1.29, 1.82) is 0 Å². The van der Waals surface area contributed by atoms with Crippen LogP contribution in [0.3, 0.4) is 0 Å². The second-order valence-corrected chi connectivity index (χ2v) is 6.60. The molecule has 0 unspecified atom stereocenters. The number of halogens is 3. The number of hydrogen-bond acceptors (Lipinski definition) is 2. The molecule has 21 heavy (non-hydrogen) atoms. The Bertz CT molecular complexity index is 753. The van der Waals surface area contributed by atoms with Crippen molar-refractivity contribution in [3.05, 3.63) is 62.1 Å². The number of rotatable bonds is 1. The van der Waals surface area contributed by atoms with Crippen LogP contribution < -0.4 is 0 Å². The van der Waals surface area contributed by atoms with Gasteiger partial charge in [-0.1, -0.05) is 46.9 Å². The van der Waals surface area contributed by atoms with Crippen molar-refractivity contribution in [2.24, 2.45) is 0 Å². The molecule has 0 heterocycles. The third-order valence-corrected chi connectivity index (χ3v) is 5.13. The van der Waals surface area contributed by atoms with Crippen molar-refractivity contribution in [3.8, 4) is 5.75 Å². The Morgan fingerprint density at radius 1 is 1.10 bits per heavy atom. The van der Waals surface area contributed by atoms with E-state index in [2.05, 4.69) is 0 Å². The van der Waals surface area contributed by atoms with Gasteiger partial charge in [-0.2, -0.15) is 0 Å². The quantitative estimate of drug-likeness (QED) is 0.788. The molecule has 2 aromatic carbocycles. The van der Waals surface area contributed by atoms with Crippen LogP contribution in [0.15, 0.2) is 30.3 Å². The number of carbonyl (C=O) groups excluding carboxylic acids is 1. The van der Waals surface area contributed by atoms with Crippen LogP contribution in [0, 0.1) is 0 Å². The molecule has 0 radical (unpaired) electrons. The van der Waals surface area contributed by atoms with Crippen LogP contribution in [0.2, 0.25) is 15.1 Å². The van der Waals surface area contributed by atoms with E-state index in [0.717, 1.165) is 5.56 Å². The van der Waals surface area contributed by atoms with Gasteiger partial charge in [-0.05, 0) is 42.7 Å². The van der Waals surface area contributed by atoms with Crippen molar-refractivity contribution in [2.45, 2.75) is 18.8 Å². The number of phenolic OH excluding ortho intramolecular Hbond substituents is 1. The molecule has 0 aliphatic heterocycles. The molecule has 3 rings (SSSR count). The summed E-state index contributed by atoms with van der Waals surface area (Å²) in [6.07, 6.45) is 0.466. The topological polar surface area (TPSA) is 37.3 Å². The number of ketones is 1. The number of fused-ring (bicyclic) bond motifs is 1. The van der Waals surface area contributed by atoms with Gasteiger partial charge in [-0.15, -0.1) is 0 Å². The third-order valence-electron chi connectivity index (χ3n) is 4.02. The minimum atomic E-state index is -0.728. The average Bonchev–Trinajstić information content (AvgIpc) is 2.70. The summed E-state index contributed by atoms with van der Waals surface area (Å²) in [5.41, 5.74) is 1.24. The van der Waals surface area contributed by atoms with Crippen molar-refractivity contribution in [1.82, 2.24) is 0 Å². The molecule has 1 atom stereocenters. The third kappa shape index (κ3) is 2.13. The minimum Gasteiger partial charge on any atom is -0.506 e. The first-order chi connectivity index (χ1) is 9.84. The highest BCUT2D eigenvalue weighted by Gasteiger charge is 2.44. The molecule has 0 saturated carbocycles. The lowest BCUT2D eigenvalue weighted by molar-refractivity contribution is 0.0915. The Morgan fingerprint density at radius 2 is 1.71 bits per heavy atom. The van der Waals surface area contributed by atoms with E-state index in [-0.39, 0.29) is 21.6 Å². The van der Waals surface area contributed by atoms with Gasteiger partial charge in [0.1, 0.15) is 10.8 Å². The van der Waals surface area contributed by atoms with Crippen LogP contribution in [0.25, 0.3) is 0 Å². The lowest BCUT2D eigenvalue weighted by Gasteiger charge is -2.22. The summed E-state index contributed by atoms with van der Waals surface area (Å²) in [4.78, 5) is 12.8. The van der Waals surface area contributed by atoms with E-state index in [0.29, 0.717) is 22.6 Å². The largest absolute Gasteiger partial charge is 0.506 e. The monoisotopic (exact) mass is 340 g/mol. The van der Waals surface area contributed by atoms with Crippen LogP contribution in [-0.2, 0) is 11.8 Å². The highest BCUT2D eigenvalue weighted by Crippen LogP contribution is 2.46. The summed E-state index contributed by atoms with van der Waals surface area (Å²) in [7, 11) is 0. The van der Waals surface area contributed by atoms with E-state index in [9.17, 15) is 9.90 Å². The molecule has 1 aliphatic carbocycles. The number of aromatic hydroxyl groups is 1. The van der Waals surface area contributed by atoms with Gasteiger partial charge >= 0.3 is 0 Å². The molecular weight excluding hydrogens is 331 g/mol. The van der Waals surface area contributed by atoms with E-state index in [1.807, 2.05) is 19.1 Å². The maximum absolute atomic E-state index is 12.8. The summed E-state index contributed by atoms with van der Waals surface area (Å²) >= 11 is 18.0. The maximum atomic E-state index is 12.8. The Labute approximate surface area is 137 Å². The van der Waals surface area contributed by atoms with Gasteiger partial charge in [0.2, 0.25) is 0 Å². The van der Waals surface area contributed by atoms with Gasteiger partial charge in [-0.3, -0.25) is 4.79 Å². The molecule has 0 saturated heterocycles. The molecule has 0 aromatic heterocycles. The first-order valence-corrected chi connectivity index (χ1v) is 7.48. The zero-order chi connectivity index (χ0) is 15.4. The van der Waals surface area contributed by atoms with Gasteiger partial charge in [0.25, 0.3) is 0 Å². The van der Waals surface area contributed by atoms with E-state index < -0.39 is 5.41 Å². The first kappa shape index (κ1) is 14.7. The standard InChI is InChI=1S/C16H11Cl3O2/c1-16(9-2-4-10(17)5-3-9)7-8-6-11(20)13(18)14(19)12(8)15(16)21/h2-6,20H,7H2,1H3/t16-/m1/s1. The Hall–Kier alpha value is -1.22. The number of benzene rings is 2. The normalized spacial score (nSPS) is 20.7. The van der Waals surface area contributed by atoms with Crippen molar-refractivity contribution in [3.63, 3.8) is 0 Å². The fraction of sp³-hybridized carbons (Fsp3) is 0.188. The number of hydrogen-bond donors (Lipinski definition) is 1.